The molecule has 0 unspecified atom stereocenters. The van der Waals surface area contributed by atoms with E-state index in [-0.39, 0.29) is 0 Å². The number of fused-ring (bicyclic) bond motifs is 1. The van der Waals surface area contributed by atoms with E-state index in [2.05, 4.69) is 20.6 Å². The maximum atomic E-state index is 4.70. The standard InChI is InChI=1S/C4H2N4O/c1-3-4(9-6-1)2-5-8-7-3/h1-2H. The van der Waals surface area contributed by atoms with Crippen molar-refractivity contribution in [1.82, 2.24) is 20.6 Å². The van der Waals surface area contributed by atoms with Gasteiger partial charge in [-0.25, -0.2) is 0 Å². The predicted octanol–water partition coefficient (Wildman–Crippen LogP) is 0.0128. The molecule has 0 N–H and O–H groups in total. The summed E-state index contributed by atoms with van der Waals surface area (Å²) in [7, 11) is 0. The molecular weight excluding hydrogens is 120 g/mol. The maximum absolute atomic E-state index is 4.70. The van der Waals surface area contributed by atoms with Crippen LogP contribution >= 0.6 is 0 Å². The Kier molecular flexibility index (Phi) is 0.717. The van der Waals surface area contributed by atoms with Crippen LogP contribution in [0.1, 0.15) is 0 Å². The summed E-state index contributed by atoms with van der Waals surface area (Å²) in [5, 5.41) is 14.0. The molecule has 2 heterocycles. The zero-order valence-corrected chi connectivity index (χ0v) is 4.35. The third-order valence-electron chi connectivity index (χ3n) is 0.958. The highest BCUT2D eigenvalue weighted by molar-refractivity contribution is 5.68. The Morgan fingerprint density at radius 3 is 3.22 bits per heavy atom. The van der Waals surface area contributed by atoms with Gasteiger partial charge in [0.05, 0.1) is 12.4 Å². The van der Waals surface area contributed by atoms with Crippen LogP contribution in [-0.4, -0.2) is 20.6 Å². The lowest BCUT2D eigenvalue weighted by molar-refractivity contribution is 0.455. The maximum Gasteiger partial charge on any atom is 0.207 e. The molecule has 0 aliphatic carbocycles. The molecule has 0 aliphatic rings. The monoisotopic (exact) mass is 122 g/mol. The number of hydrogen-bond donors (Lipinski definition) is 0. The first-order valence-electron chi connectivity index (χ1n) is 2.35. The van der Waals surface area contributed by atoms with Crippen molar-refractivity contribution in [3.8, 4) is 0 Å². The van der Waals surface area contributed by atoms with Crippen LogP contribution in [0, 0.1) is 0 Å². The summed E-state index contributed by atoms with van der Waals surface area (Å²) in [6, 6.07) is 0. The first-order chi connectivity index (χ1) is 4.47. The second-order valence-electron chi connectivity index (χ2n) is 1.51. The van der Waals surface area contributed by atoms with Crippen molar-refractivity contribution >= 4 is 11.1 Å². The Balaban J connectivity index is 2.95. The number of nitrogens with zero attached hydrogens (tertiary/aromatic N) is 4. The number of aromatic nitrogens is 4. The fourth-order valence-corrected chi connectivity index (χ4v) is 0.561. The molecule has 0 saturated carbocycles. The van der Waals surface area contributed by atoms with Crippen molar-refractivity contribution in [3.05, 3.63) is 12.4 Å². The van der Waals surface area contributed by atoms with Crippen LogP contribution in [0.5, 0.6) is 0 Å². The average molecular weight is 122 g/mol. The molecule has 0 aromatic carbocycles. The average Bonchev–Trinajstić information content (AvgIpc) is 2.33. The zero-order valence-electron chi connectivity index (χ0n) is 4.35. The van der Waals surface area contributed by atoms with Gasteiger partial charge in [-0.15, -0.1) is 10.2 Å². The van der Waals surface area contributed by atoms with E-state index < -0.39 is 0 Å². The molecule has 44 valence electrons. The van der Waals surface area contributed by atoms with Crippen molar-refractivity contribution in [3.63, 3.8) is 0 Å². The predicted molar refractivity (Wildman–Crippen MR) is 27.4 cm³/mol. The third-order valence-corrected chi connectivity index (χ3v) is 0.958. The van der Waals surface area contributed by atoms with E-state index in [1.807, 2.05) is 0 Å². The molecule has 9 heavy (non-hydrogen) atoms. The lowest BCUT2D eigenvalue weighted by atomic mass is 10.5. The van der Waals surface area contributed by atoms with Crippen molar-refractivity contribution < 1.29 is 4.52 Å². The van der Waals surface area contributed by atoms with E-state index in [0.717, 1.165) is 0 Å². The summed E-state index contributed by atoms with van der Waals surface area (Å²) in [5.74, 6) is 0. The Labute approximate surface area is 49.7 Å². The second-order valence-corrected chi connectivity index (χ2v) is 1.51. The molecule has 5 heteroatoms. The van der Waals surface area contributed by atoms with Crippen LogP contribution in [0.3, 0.4) is 0 Å². The van der Waals surface area contributed by atoms with Gasteiger partial charge in [-0.3, -0.25) is 0 Å². The first kappa shape index (κ1) is 4.37. The number of hydrogen-bond acceptors (Lipinski definition) is 5. The molecule has 0 bridgehead atoms. The molecule has 0 amide bonds. The fourth-order valence-electron chi connectivity index (χ4n) is 0.561. The minimum Gasteiger partial charge on any atom is -0.353 e. The highest BCUT2D eigenvalue weighted by Gasteiger charge is 1.95. The largest absolute Gasteiger partial charge is 0.353 e. The molecule has 0 spiro atoms. The Morgan fingerprint density at radius 2 is 2.33 bits per heavy atom. The van der Waals surface area contributed by atoms with Gasteiger partial charge in [0.2, 0.25) is 5.58 Å². The van der Waals surface area contributed by atoms with Crippen LogP contribution in [0.25, 0.3) is 11.1 Å². The van der Waals surface area contributed by atoms with E-state index >= 15 is 0 Å². The van der Waals surface area contributed by atoms with Gasteiger partial charge in [-0.1, -0.05) is 5.16 Å². The van der Waals surface area contributed by atoms with E-state index in [9.17, 15) is 0 Å². The number of rotatable bonds is 0. The summed E-state index contributed by atoms with van der Waals surface area (Å²) in [5.41, 5.74) is 1.19. The lowest BCUT2D eigenvalue weighted by Gasteiger charge is -1.76. The third kappa shape index (κ3) is 0.543. The lowest BCUT2D eigenvalue weighted by Crippen LogP contribution is -1.82. The molecule has 0 atom stereocenters. The van der Waals surface area contributed by atoms with Gasteiger partial charge in [0.15, 0.2) is 5.52 Å². The summed E-state index contributed by atoms with van der Waals surface area (Å²) in [6.07, 6.45) is 2.96. The van der Waals surface area contributed by atoms with Gasteiger partial charge in [0.1, 0.15) is 0 Å². The van der Waals surface area contributed by atoms with Crippen molar-refractivity contribution in [2.24, 2.45) is 0 Å². The summed E-state index contributed by atoms with van der Waals surface area (Å²) in [6.45, 7) is 0. The zero-order chi connectivity index (χ0) is 6.10. The molecule has 0 aliphatic heterocycles. The molecule has 0 fully saturated rings. The topological polar surface area (TPSA) is 64.7 Å². The smallest absolute Gasteiger partial charge is 0.207 e. The van der Waals surface area contributed by atoms with E-state index in [1.165, 1.54) is 12.4 Å². The quantitative estimate of drug-likeness (QED) is 0.492. The molecule has 2 aromatic rings. The molecule has 0 radical (unpaired) electrons. The van der Waals surface area contributed by atoms with Crippen LogP contribution in [0.2, 0.25) is 0 Å². The van der Waals surface area contributed by atoms with Gasteiger partial charge in [0.25, 0.3) is 0 Å². The van der Waals surface area contributed by atoms with Gasteiger partial charge < -0.3 is 4.52 Å². The minimum absolute atomic E-state index is 0.560. The van der Waals surface area contributed by atoms with E-state index in [1.54, 1.807) is 0 Å². The molecule has 0 saturated heterocycles. The van der Waals surface area contributed by atoms with Crippen LogP contribution in [-0.2, 0) is 0 Å². The van der Waals surface area contributed by atoms with Gasteiger partial charge in [0, 0.05) is 0 Å². The van der Waals surface area contributed by atoms with Gasteiger partial charge in [-0.05, 0) is 5.21 Å². The molecule has 2 aromatic heterocycles. The van der Waals surface area contributed by atoms with Crippen LogP contribution in [0.15, 0.2) is 16.9 Å². The van der Waals surface area contributed by atoms with Crippen molar-refractivity contribution in [1.29, 1.82) is 0 Å². The van der Waals surface area contributed by atoms with Crippen molar-refractivity contribution in [2.45, 2.75) is 0 Å². The van der Waals surface area contributed by atoms with E-state index in [0.29, 0.717) is 11.1 Å². The second kappa shape index (κ2) is 1.48. The first-order valence-corrected chi connectivity index (χ1v) is 2.35. The van der Waals surface area contributed by atoms with Gasteiger partial charge in [-0.2, -0.15) is 0 Å². The SMILES string of the molecule is c1noc2cnnnc12. The van der Waals surface area contributed by atoms with Crippen LogP contribution < -0.4 is 0 Å². The molecule has 2 rings (SSSR count). The van der Waals surface area contributed by atoms with Crippen LogP contribution in [0.4, 0.5) is 0 Å². The van der Waals surface area contributed by atoms with Gasteiger partial charge >= 0.3 is 0 Å². The minimum atomic E-state index is 0.560. The normalized spacial score (nSPS) is 10.2. The summed E-state index contributed by atoms with van der Waals surface area (Å²) < 4.78 is 4.70. The van der Waals surface area contributed by atoms with Crippen molar-refractivity contribution in [2.75, 3.05) is 0 Å². The Bertz CT molecular complexity index is 287. The summed E-state index contributed by atoms with van der Waals surface area (Å²) >= 11 is 0. The molecule has 5 nitrogen and oxygen atoms in total. The highest BCUT2D eigenvalue weighted by Crippen LogP contribution is 2.03. The Morgan fingerprint density at radius 1 is 1.33 bits per heavy atom. The van der Waals surface area contributed by atoms with E-state index in [4.69, 9.17) is 4.52 Å². The highest BCUT2D eigenvalue weighted by atomic mass is 16.5. The Hall–Kier alpha value is -1.52. The summed E-state index contributed by atoms with van der Waals surface area (Å²) in [4.78, 5) is 0. The molecular formula is C4H2N4O. The fraction of sp³-hybridized carbons (Fsp3) is 0.